The van der Waals surface area contributed by atoms with Crippen molar-refractivity contribution in [2.75, 3.05) is 0 Å². The fraction of sp³-hybridized carbons (Fsp3) is 0.0625. The number of carbonyl (C=O) groups excluding carboxylic acids is 1. The van der Waals surface area contributed by atoms with Gasteiger partial charge in [0.05, 0.1) is 5.57 Å². The Morgan fingerprint density at radius 2 is 1.48 bits per heavy atom. The first-order chi connectivity index (χ1) is 9.88. The lowest BCUT2D eigenvalue weighted by atomic mass is 10.0. The molecule has 0 aromatic heterocycles. The van der Waals surface area contributed by atoms with E-state index in [1.807, 2.05) is 0 Å². The lowest BCUT2D eigenvalue weighted by Crippen LogP contribution is -2.12. The minimum atomic E-state index is -4.63. The van der Waals surface area contributed by atoms with Crippen LogP contribution in [0.15, 0.2) is 60.7 Å². The second-order valence-corrected chi connectivity index (χ2v) is 4.73. The molecule has 0 fully saturated rings. The number of hydrogen-bond donors (Lipinski definition) is 0. The Morgan fingerprint density at radius 1 is 0.905 bits per heavy atom. The van der Waals surface area contributed by atoms with Crippen LogP contribution in [0.3, 0.4) is 0 Å². The Kier molecular flexibility index (Phi) is 4.48. The Labute approximate surface area is 124 Å². The van der Waals surface area contributed by atoms with E-state index in [1.54, 1.807) is 18.2 Å². The Morgan fingerprint density at radius 3 is 2.00 bits per heavy atom. The average molecular weight is 311 g/mol. The maximum absolute atomic E-state index is 13.1. The van der Waals surface area contributed by atoms with Gasteiger partial charge in [0, 0.05) is 10.6 Å². The van der Waals surface area contributed by atoms with Gasteiger partial charge in [-0.1, -0.05) is 54.1 Å². The number of hydrogen-bond acceptors (Lipinski definition) is 1. The van der Waals surface area contributed by atoms with Crippen LogP contribution in [-0.2, 0) is 0 Å². The normalized spacial score (nSPS) is 12.3. The summed E-state index contributed by atoms with van der Waals surface area (Å²) >= 11 is 5.66. The van der Waals surface area contributed by atoms with E-state index in [9.17, 15) is 18.0 Å². The molecule has 0 aliphatic rings. The van der Waals surface area contributed by atoms with E-state index in [1.165, 1.54) is 36.4 Å². The molecule has 21 heavy (non-hydrogen) atoms. The van der Waals surface area contributed by atoms with Crippen LogP contribution in [-0.4, -0.2) is 12.0 Å². The zero-order valence-electron chi connectivity index (χ0n) is 10.7. The average Bonchev–Trinajstić information content (AvgIpc) is 2.45. The van der Waals surface area contributed by atoms with E-state index in [4.69, 9.17) is 11.6 Å². The lowest BCUT2D eigenvalue weighted by molar-refractivity contribution is -0.0689. The summed E-state index contributed by atoms with van der Waals surface area (Å²) in [6.45, 7) is 0. The largest absolute Gasteiger partial charge is 0.417 e. The molecule has 0 atom stereocenters. The maximum atomic E-state index is 13.1. The minimum Gasteiger partial charge on any atom is -0.289 e. The molecule has 2 aromatic rings. The SMILES string of the molecule is O=C(/C=C(/c1ccc(Cl)cc1)C(F)(F)F)c1ccccc1. The molecule has 5 heteroatoms. The topological polar surface area (TPSA) is 17.1 Å². The zero-order valence-corrected chi connectivity index (χ0v) is 11.4. The second-order valence-electron chi connectivity index (χ2n) is 4.29. The fourth-order valence-electron chi connectivity index (χ4n) is 1.78. The van der Waals surface area contributed by atoms with Crippen molar-refractivity contribution in [3.8, 4) is 0 Å². The number of alkyl halides is 3. The molecular formula is C16H10ClF3O. The predicted octanol–water partition coefficient (Wildman–Crippen LogP) is 5.17. The quantitative estimate of drug-likeness (QED) is 0.564. The van der Waals surface area contributed by atoms with Crippen molar-refractivity contribution in [2.24, 2.45) is 0 Å². The number of rotatable bonds is 3. The van der Waals surface area contributed by atoms with Gasteiger partial charge in [-0.25, -0.2) is 0 Å². The molecule has 0 amide bonds. The second kappa shape index (κ2) is 6.14. The van der Waals surface area contributed by atoms with Gasteiger partial charge in [0.15, 0.2) is 5.78 Å². The molecule has 0 aliphatic heterocycles. The summed E-state index contributed by atoms with van der Waals surface area (Å²) in [6, 6.07) is 13.0. The molecule has 0 aliphatic carbocycles. The first-order valence-electron chi connectivity index (χ1n) is 6.02. The van der Waals surface area contributed by atoms with E-state index < -0.39 is 17.5 Å². The van der Waals surface area contributed by atoms with Gasteiger partial charge in [-0.15, -0.1) is 0 Å². The molecule has 0 saturated carbocycles. The number of halogens is 4. The molecule has 0 bridgehead atoms. The molecule has 0 heterocycles. The van der Waals surface area contributed by atoms with Crippen molar-refractivity contribution < 1.29 is 18.0 Å². The minimum absolute atomic E-state index is 0.101. The molecule has 0 radical (unpaired) electrons. The number of benzene rings is 2. The first-order valence-corrected chi connectivity index (χ1v) is 6.40. The summed E-state index contributed by atoms with van der Waals surface area (Å²) in [7, 11) is 0. The van der Waals surface area contributed by atoms with Crippen molar-refractivity contribution >= 4 is 23.0 Å². The Hall–Kier alpha value is -2.07. The number of ketones is 1. The molecule has 0 unspecified atom stereocenters. The summed E-state index contributed by atoms with van der Waals surface area (Å²) in [6.07, 6.45) is -4.02. The lowest BCUT2D eigenvalue weighted by Gasteiger charge is -2.12. The van der Waals surface area contributed by atoms with Gasteiger partial charge in [0.25, 0.3) is 0 Å². The van der Waals surface area contributed by atoms with Crippen molar-refractivity contribution in [2.45, 2.75) is 6.18 Å². The summed E-state index contributed by atoms with van der Waals surface area (Å²) in [5.41, 5.74) is -0.891. The van der Waals surface area contributed by atoms with Crippen LogP contribution in [0.5, 0.6) is 0 Å². The van der Waals surface area contributed by atoms with Crippen LogP contribution < -0.4 is 0 Å². The number of carbonyl (C=O) groups is 1. The number of allylic oxidation sites excluding steroid dienone is 2. The fourth-order valence-corrected chi connectivity index (χ4v) is 1.90. The highest BCUT2D eigenvalue weighted by Gasteiger charge is 2.35. The summed E-state index contributed by atoms with van der Waals surface area (Å²) in [4.78, 5) is 11.9. The third kappa shape index (κ3) is 3.95. The van der Waals surface area contributed by atoms with Crippen LogP contribution in [0.4, 0.5) is 13.2 Å². The highest BCUT2D eigenvalue weighted by Crippen LogP contribution is 2.34. The Bertz CT molecular complexity index is 658. The van der Waals surface area contributed by atoms with Gasteiger partial charge in [-0.3, -0.25) is 4.79 Å². The molecule has 108 valence electrons. The third-order valence-corrected chi connectivity index (χ3v) is 3.05. The predicted molar refractivity (Wildman–Crippen MR) is 76.3 cm³/mol. The smallest absolute Gasteiger partial charge is 0.289 e. The van der Waals surface area contributed by atoms with E-state index in [2.05, 4.69) is 0 Å². The zero-order chi connectivity index (χ0) is 15.5. The Balaban J connectivity index is 2.44. The van der Waals surface area contributed by atoms with E-state index in [0.29, 0.717) is 11.1 Å². The summed E-state index contributed by atoms with van der Waals surface area (Å²) in [5.74, 6) is -0.696. The van der Waals surface area contributed by atoms with Crippen LogP contribution in [0.1, 0.15) is 15.9 Å². The van der Waals surface area contributed by atoms with Crippen molar-refractivity contribution in [3.05, 3.63) is 76.8 Å². The molecule has 2 aromatic carbocycles. The first kappa shape index (κ1) is 15.3. The molecule has 0 spiro atoms. The third-order valence-electron chi connectivity index (χ3n) is 2.79. The standard InChI is InChI=1S/C16H10ClF3O/c17-13-8-6-11(7-9-13)14(16(18,19)20)10-15(21)12-4-2-1-3-5-12/h1-10H/b14-10-. The van der Waals surface area contributed by atoms with Gasteiger partial charge in [0.1, 0.15) is 0 Å². The maximum Gasteiger partial charge on any atom is 0.417 e. The van der Waals surface area contributed by atoms with Crippen molar-refractivity contribution in [1.82, 2.24) is 0 Å². The van der Waals surface area contributed by atoms with Gasteiger partial charge in [-0.05, 0) is 23.8 Å². The molecular weight excluding hydrogens is 301 g/mol. The van der Waals surface area contributed by atoms with Gasteiger partial charge in [-0.2, -0.15) is 13.2 Å². The van der Waals surface area contributed by atoms with Gasteiger partial charge >= 0.3 is 6.18 Å². The highest BCUT2D eigenvalue weighted by molar-refractivity contribution is 6.30. The van der Waals surface area contributed by atoms with Gasteiger partial charge < -0.3 is 0 Å². The van der Waals surface area contributed by atoms with Crippen LogP contribution in [0.25, 0.3) is 5.57 Å². The van der Waals surface area contributed by atoms with Crippen molar-refractivity contribution in [1.29, 1.82) is 0 Å². The van der Waals surface area contributed by atoms with Crippen LogP contribution in [0, 0.1) is 0 Å². The van der Waals surface area contributed by atoms with E-state index in [-0.39, 0.29) is 11.1 Å². The molecule has 2 rings (SSSR count). The summed E-state index contributed by atoms with van der Waals surface area (Å²) < 4.78 is 39.4. The monoisotopic (exact) mass is 310 g/mol. The van der Waals surface area contributed by atoms with Crippen molar-refractivity contribution in [3.63, 3.8) is 0 Å². The van der Waals surface area contributed by atoms with Crippen LogP contribution >= 0.6 is 11.6 Å². The van der Waals surface area contributed by atoms with Gasteiger partial charge in [0.2, 0.25) is 0 Å². The molecule has 1 nitrogen and oxygen atoms in total. The molecule has 0 saturated heterocycles. The highest BCUT2D eigenvalue weighted by atomic mass is 35.5. The van der Waals surface area contributed by atoms with Crippen LogP contribution in [0.2, 0.25) is 5.02 Å². The summed E-state index contributed by atoms with van der Waals surface area (Å²) in [5, 5.41) is 0.328. The molecule has 0 N–H and O–H groups in total. The van der Waals surface area contributed by atoms with E-state index >= 15 is 0 Å². The van der Waals surface area contributed by atoms with E-state index in [0.717, 1.165) is 0 Å².